The van der Waals surface area contributed by atoms with E-state index >= 15 is 0 Å². The molecule has 8 nitrogen and oxygen atoms in total. The summed E-state index contributed by atoms with van der Waals surface area (Å²) in [7, 11) is 4.06. The van der Waals surface area contributed by atoms with Crippen LogP contribution in [0.15, 0.2) is 46.0 Å². The molecule has 3 heterocycles. The first-order chi connectivity index (χ1) is 14.1. The van der Waals surface area contributed by atoms with Crippen LogP contribution in [0.1, 0.15) is 23.4 Å². The number of nitrogens with one attached hydrogen (secondary N) is 1. The molecule has 1 N–H and O–H groups in total. The van der Waals surface area contributed by atoms with Gasteiger partial charge in [0.15, 0.2) is 6.23 Å². The average molecular weight is 395 g/mol. The summed E-state index contributed by atoms with van der Waals surface area (Å²) in [5.41, 5.74) is 1.59. The van der Waals surface area contributed by atoms with Gasteiger partial charge in [-0.15, -0.1) is 5.10 Å². The molecule has 2 aromatic rings. The highest BCUT2D eigenvalue weighted by molar-refractivity contribution is 5.92. The first-order valence-corrected chi connectivity index (χ1v) is 10.1. The van der Waals surface area contributed by atoms with Gasteiger partial charge in [0.05, 0.1) is 5.92 Å². The van der Waals surface area contributed by atoms with Crippen LogP contribution < -0.4 is 5.32 Å². The molecule has 29 heavy (non-hydrogen) atoms. The summed E-state index contributed by atoms with van der Waals surface area (Å²) < 4.78 is 11.4. The Kier molecular flexibility index (Phi) is 4.50. The standard InChI is InChI=1S/C21H25N5O3/c1-25-11-15(12-25)20-23-26(2)21(28-20)14-8-16(9-14)22-19(27)18-10-17(24-29-18)13-6-4-3-5-7-13/h3-7,10,14-16,21H,8-9,11-12H2,1-2H3,(H,22,27). The molecular formula is C21H25N5O3. The number of hydrazone groups is 1. The Morgan fingerprint density at radius 2 is 1.93 bits per heavy atom. The van der Waals surface area contributed by atoms with Crippen LogP contribution in [0.3, 0.4) is 0 Å². The molecule has 1 saturated carbocycles. The maximum Gasteiger partial charge on any atom is 0.290 e. The molecule has 5 rings (SSSR count). The summed E-state index contributed by atoms with van der Waals surface area (Å²) in [4.78, 5) is 14.7. The van der Waals surface area contributed by atoms with E-state index in [0.717, 1.165) is 37.4 Å². The van der Waals surface area contributed by atoms with Crippen LogP contribution in [0.25, 0.3) is 11.3 Å². The monoisotopic (exact) mass is 395 g/mol. The van der Waals surface area contributed by atoms with E-state index < -0.39 is 0 Å². The number of ether oxygens (including phenoxy) is 1. The SMILES string of the molecule is CN1CC(C2=NN(C)C(C3CC(NC(=O)c4cc(-c5ccccc5)no4)C3)O2)C1. The number of carbonyl (C=O) groups is 1. The van der Waals surface area contributed by atoms with Crippen LogP contribution in [0.4, 0.5) is 0 Å². The highest BCUT2D eigenvalue weighted by atomic mass is 16.5. The number of nitrogens with zero attached hydrogens (tertiary/aromatic N) is 4. The Morgan fingerprint density at radius 1 is 1.17 bits per heavy atom. The van der Waals surface area contributed by atoms with Gasteiger partial charge in [0.2, 0.25) is 11.7 Å². The summed E-state index contributed by atoms with van der Waals surface area (Å²) in [6, 6.07) is 11.5. The molecule has 1 aromatic carbocycles. The van der Waals surface area contributed by atoms with Crippen LogP contribution in [-0.2, 0) is 4.74 Å². The molecule has 2 aliphatic heterocycles. The minimum absolute atomic E-state index is 0.0287. The van der Waals surface area contributed by atoms with Gasteiger partial charge < -0.3 is 19.5 Å². The van der Waals surface area contributed by atoms with Gasteiger partial charge >= 0.3 is 0 Å². The van der Waals surface area contributed by atoms with Gasteiger partial charge in [-0.1, -0.05) is 35.5 Å². The van der Waals surface area contributed by atoms with E-state index in [-0.39, 0.29) is 23.9 Å². The number of hydrogen-bond acceptors (Lipinski definition) is 7. The van der Waals surface area contributed by atoms with E-state index in [1.807, 2.05) is 42.4 Å². The quantitative estimate of drug-likeness (QED) is 0.834. The lowest BCUT2D eigenvalue weighted by Gasteiger charge is -2.40. The van der Waals surface area contributed by atoms with E-state index in [1.165, 1.54) is 0 Å². The molecular weight excluding hydrogens is 370 g/mol. The third kappa shape index (κ3) is 3.48. The van der Waals surface area contributed by atoms with E-state index in [2.05, 4.69) is 27.5 Å². The lowest BCUT2D eigenvalue weighted by molar-refractivity contribution is -0.0266. The minimum atomic E-state index is -0.224. The van der Waals surface area contributed by atoms with Crippen LogP contribution in [-0.4, -0.2) is 66.3 Å². The molecule has 2 fully saturated rings. The van der Waals surface area contributed by atoms with Gasteiger partial charge in [-0.25, -0.2) is 0 Å². The van der Waals surface area contributed by atoms with Crippen molar-refractivity contribution in [3.63, 3.8) is 0 Å². The first kappa shape index (κ1) is 18.2. The van der Waals surface area contributed by atoms with Crippen molar-refractivity contribution in [2.24, 2.45) is 16.9 Å². The predicted molar refractivity (Wildman–Crippen MR) is 107 cm³/mol. The van der Waals surface area contributed by atoms with Crippen molar-refractivity contribution in [1.82, 2.24) is 20.4 Å². The molecule has 152 valence electrons. The summed E-state index contributed by atoms with van der Waals surface area (Å²) in [5, 5.41) is 13.6. The van der Waals surface area contributed by atoms with Gasteiger partial charge in [0.25, 0.3) is 5.91 Å². The van der Waals surface area contributed by atoms with Crippen molar-refractivity contribution in [2.45, 2.75) is 25.1 Å². The molecule has 3 aliphatic rings. The Bertz CT molecular complexity index is 915. The number of hydrogen-bond donors (Lipinski definition) is 1. The molecule has 8 heteroatoms. The summed E-state index contributed by atoms with van der Waals surface area (Å²) in [6.45, 7) is 2.01. The second kappa shape index (κ2) is 7.18. The fourth-order valence-electron chi connectivity index (χ4n) is 4.27. The number of rotatable bonds is 5. The maximum absolute atomic E-state index is 12.5. The molecule has 1 amide bonds. The topological polar surface area (TPSA) is 83.2 Å². The van der Waals surface area contributed by atoms with Crippen molar-refractivity contribution in [3.05, 3.63) is 42.2 Å². The molecule has 1 aliphatic carbocycles. The molecule has 0 radical (unpaired) electrons. The maximum atomic E-state index is 12.5. The van der Waals surface area contributed by atoms with Crippen molar-refractivity contribution in [2.75, 3.05) is 27.2 Å². The van der Waals surface area contributed by atoms with E-state index in [4.69, 9.17) is 9.26 Å². The van der Waals surface area contributed by atoms with E-state index in [0.29, 0.717) is 17.5 Å². The zero-order chi connectivity index (χ0) is 20.0. The van der Waals surface area contributed by atoms with Crippen molar-refractivity contribution >= 4 is 11.8 Å². The lowest BCUT2D eigenvalue weighted by atomic mass is 9.78. The highest BCUT2D eigenvalue weighted by Crippen LogP contribution is 2.36. The van der Waals surface area contributed by atoms with Crippen LogP contribution in [0.5, 0.6) is 0 Å². The van der Waals surface area contributed by atoms with Gasteiger partial charge in [0, 0.05) is 43.7 Å². The van der Waals surface area contributed by atoms with Crippen LogP contribution in [0, 0.1) is 11.8 Å². The van der Waals surface area contributed by atoms with Gasteiger partial charge in [-0.2, -0.15) is 0 Å². The summed E-state index contributed by atoms with van der Waals surface area (Å²) in [6.07, 6.45) is 1.71. The van der Waals surface area contributed by atoms with E-state index in [1.54, 1.807) is 6.07 Å². The summed E-state index contributed by atoms with van der Waals surface area (Å²) in [5.74, 6) is 1.64. The Balaban J connectivity index is 1.12. The second-order valence-electron chi connectivity index (χ2n) is 8.28. The molecule has 1 unspecified atom stereocenters. The van der Waals surface area contributed by atoms with Crippen molar-refractivity contribution in [1.29, 1.82) is 0 Å². The summed E-state index contributed by atoms with van der Waals surface area (Å²) >= 11 is 0. The van der Waals surface area contributed by atoms with Gasteiger partial charge in [0.1, 0.15) is 5.69 Å². The van der Waals surface area contributed by atoms with Crippen molar-refractivity contribution in [3.8, 4) is 11.3 Å². The zero-order valence-corrected chi connectivity index (χ0v) is 16.6. The molecule has 0 bridgehead atoms. The van der Waals surface area contributed by atoms with Crippen LogP contribution >= 0.6 is 0 Å². The smallest absolute Gasteiger partial charge is 0.290 e. The van der Waals surface area contributed by atoms with Crippen molar-refractivity contribution < 1.29 is 14.1 Å². The molecule has 1 aromatic heterocycles. The Labute approximate surface area is 169 Å². The minimum Gasteiger partial charge on any atom is -0.454 e. The lowest BCUT2D eigenvalue weighted by Crippen LogP contribution is -2.51. The number of benzene rings is 1. The number of carbonyl (C=O) groups excluding carboxylic acids is 1. The van der Waals surface area contributed by atoms with E-state index in [9.17, 15) is 4.79 Å². The number of aromatic nitrogens is 1. The Hall–Kier alpha value is -2.87. The normalized spacial score (nSPS) is 27.0. The zero-order valence-electron chi connectivity index (χ0n) is 16.6. The fourth-order valence-corrected chi connectivity index (χ4v) is 4.27. The third-order valence-corrected chi connectivity index (χ3v) is 6.00. The average Bonchev–Trinajstić information content (AvgIpc) is 3.29. The largest absolute Gasteiger partial charge is 0.454 e. The Morgan fingerprint density at radius 3 is 2.66 bits per heavy atom. The third-order valence-electron chi connectivity index (χ3n) is 6.00. The van der Waals surface area contributed by atoms with Gasteiger partial charge in [-0.3, -0.25) is 9.80 Å². The number of amides is 1. The highest BCUT2D eigenvalue weighted by Gasteiger charge is 2.44. The fraction of sp³-hybridized carbons (Fsp3) is 0.476. The molecule has 1 atom stereocenters. The number of likely N-dealkylation sites (tertiary alicyclic amines) is 1. The predicted octanol–water partition coefficient (Wildman–Crippen LogP) is 2.01. The molecule has 0 spiro atoms. The van der Waals surface area contributed by atoms with Crippen LogP contribution in [0.2, 0.25) is 0 Å². The first-order valence-electron chi connectivity index (χ1n) is 10.1. The second-order valence-corrected chi connectivity index (χ2v) is 8.28. The molecule has 1 saturated heterocycles. The van der Waals surface area contributed by atoms with Gasteiger partial charge in [-0.05, 0) is 19.9 Å².